The van der Waals surface area contributed by atoms with E-state index in [-0.39, 0.29) is 5.56 Å². The number of non-ortho nitro benzene ring substituents is 1. The normalized spacial score (nSPS) is 17.2. The third-order valence-electron chi connectivity index (χ3n) is 5.06. The number of amides is 1. The van der Waals surface area contributed by atoms with Crippen LogP contribution >= 0.6 is 0 Å². The predicted molar refractivity (Wildman–Crippen MR) is 116 cm³/mol. The highest BCUT2D eigenvalue weighted by molar-refractivity contribution is 6.04. The summed E-state index contributed by atoms with van der Waals surface area (Å²) in [5.41, 5.74) is 1.65. The van der Waals surface area contributed by atoms with Crippen molar-refractivity contribution >= 4 is 23.0 Å². The molecular formula is C23H18FN3O5. The monoisotopic (exact) mass is 435 g/mol. The van der Waals surface area contributed by atoms with Gasteiger partial charge in [0.25, 0.3) is 11.6 Å². The first kappa shape index (κ1) is 21.2. The topological polar surface area (TPSA) is 125 Å². The van der Waals surface area contributed by atoms with Gasteiger partial charge in [0.1, 0.15) is 11.9 Å². The van der Waals surface area contributed by atoms with Crippen LogP contribution < -0.4 is 10.6 Å². The number of halogens is 1. The number of nitro benzene ring substituents is 1. The largest absolute Gasteiger partial charge is 0.384 e. The van der Waals surface area contributed by atoms with E-state index in [1.54, 1.807) is 48.5 Å². The summed E-state index contributed by atoms with van der Waals surface area (Å²) in [6.45, 7) is 0. The highest BCUT2D eigenvalue weighted by Gasteiger charge is 2.26. The molecule has 162 valence electrons. The Labute approximate surface area is 181 Å². The molecule has 8 nitrogen and oxygen atoms in total. The van der Waals surface area contributed by atoms with Crippen molar-refractivity contribution < 1.29 is 24.3 Å². The molecule has 0 saturated carbocycles. The smallest absolute Gasteiger partial charge is 0.272 e. The number of aliphatic hydroxyl groups excluding tert-OH is 2. The van der Waals surface area contributed by atoms with Crippen LogP contribution in [0.1, 0.15) is 33.7 Å². The Morgan fingerprint density at radius 3 is 2.41 bits per heavy atom. The molecule has 0 fully saturated rings. The number of nitro groups is 1. The molecule has 1 aliphatic carbocycles. The summed E-state index contributed by atoms with van der Waals surface area (Å²) in [5.74, 6) is -1.77. The maximum atomic E-state index is 14.1. The zero-order chi connectivity index (χ0) is 22.8. The zero-order valence-corrected chi connectivity index (χ0v) is 16.5. The number of hydrogen-bond acceptors (Lipinski definition) is 6. The van der Waals surface area contributed by atoms with Gasteiger partial charge in [-0.1, -0.05) is 30.3 Å². The maximum Gasteiger partial charge on any atom is 0.272 e. The Kier molecular flexibility index (Phi) is 5.67. The first-order valence-electron chi connectivity index (χ1n) is 9.62. The van der Waals surface area contributed by atoms with E-state index in [9.17, 15) is 29.5 Å². The van der Waals surface area contributed by atoms with Gasteiger partial charge in [-0.15, -0.1) is 0 Å². The number of fused-ring (bicyclic) bond motifs is 1. The second-order valence-corrected chi connectivity index (χ2v) is 7.18. The lowest BCUT2D eigenvalue weighted by molar-refractivity contribution is -0.385. The van der Waals surface area contributed by atoms with Crippen molar-refractivity contribution in [1.29, 1.82) is 0 Å². The van der Waals surface area contributed by atoms with E-state index < -0.39 is 34.5 Å². The SMILES string of the molecule is O=C(Nc1cccc(NC2=CC(O)c3ccccc3C2O)c1)c1ccc([N+](=O)[O-])cc1F. The van der Waals surface area contributed by atoms with Crippen LogP contribution in [0.4, 0.5) is 21.5 Å². The lowest BCUT2D eigenvalue weighted by Gasteiger charge is -2.27. The summed E-state index contributed by atoms with van der Waals surface area (Å²) in [5, 5.41) is 37.3. The molecule has 0 bridgehead atoms. The highest BCUT2D eigenvalue weighted by atomic mass is 19.1. The van der Waals surface area contributed by atoms with Crippen molar-refractivity contribution in [3.05, 3.63) is 111 Å². The van der Waals surface area contributed by atoms with Crippen LogP contribution in [-0.4, -0.2) is 21.0 Å². The van der Waals surface area contributed by atoms with Gasteiger partial charge < -0.3 is 20.8 Å². The molecule has 2 unspecified atom stereocenters. The number of rotatable bonds is 5. The van der Waals surface area contributed by atoms with Crippen molar-refractivity contribution in [2.24, 2.45) is 0 Å². The maximum absolute atomic E-state index is 14.1. The molecule has 1 aliphatic rings. The van der Waals surface area contributed by atoms with Crippen molar-refractivity contribution in [1.82, 2.24) is 0 Å². The molecule has 4 N–H and O–H groups in total. The third-order valence-corrected chi connectivity index (χ3v) is 5.06. The molecule has 0 spiro atoms. The van der Waals surface area contributed by atoms with E-state index in [2.05, 4.69) is 10.6 Å². The van der Waals surface area contributed by atoms with Gasteiger partial charge in [-0.2, -0.15) is 0 Å². The number of nitrogens with zero attached hydrogens (tertiary/aromatic N) is 1. The van der Waals surface area contributed by atoms with Crippen LogP contribution in [-0.2, 0) is 0 Å². The van der Waals surface area contributed by atoms with Crippen molar-refractivity contribution in [3.8, 4) is 0 Å². The van der Waals surface area contributed by atoms with Gasteiger partial charge in [-0.25, -0.2) is 4.39 Å². The summed E-state index contributed by atoms with van der Waals surface area (Å²) in [7, 11) is 0. The van der Waals surface area contributed by atoms with Crippen LogP contribution in [0, 0.1) is 15.9 Å². The summed E-state index contributed by atoms with van der Waals surface area (Å²) in [4.78, 5) is 22.4. The molecule has 0 aliphatic heterocycles. The molecule has 0 saturated heterocycles. The third kappa shape index (κ3) is 4.20. The standard InChI is InChI=1S/C23H18FN3O5/c24-19-11-15(27(31)32)8-9-18(19)23(30)26-14-5-3-4-13(10-14)25-20-12-21(28)16-6-1-2-7-17(16)22(20)29/h1-12,21-22,25,28-29H,(H,26,30). The summed E-state index contributed by atoms with van der Waals surface area (Å²) in [6, 6.07) is 16.3. The summed E-state index contributed by atoms with van der Waals surface area (Å²) >= 11 is 0. The number of anilines is 2. The molecule has 0 aromatic heterocycles. The molecule has 32 heavy (non-hydrogen) atoms. The van der Waals surface area contributed by atoms with Gasteiger partial charge in [-0.05, 0) is 41.5 Å². The first-order valence-corrected chi connectivity index (χ1v) is 9.62. The Morgan fingerprint density at radius 1 is 0.969 bits per heavy atom. The molecule has 0 heterocycles. The Balaban J connectivity index is 1.51. The lowest BCUT2D eigenvalue weighted by Crippen LogP contribution is -2.19. The quantitative estimate of drug-likeness (QED) is 0.354. The average Bonchev–Trinajstić information content (AvgIpc) is 2.77. The number of benzene rings is 3. The molecule has 3 aromatic rings. The van der Waals surface area contributed by atoms with Crippen molar-refractivity contribution in [3.63, 3.8) is 0 Å². The van der Waals surface area contributed by atoms with Gasteiger partial charge in [0.15, 0.2) is 0 Å². The van der Waals surface area contributed by atoms with Crippen LogP contribution in [0.3, 0.4) is 0 Å². The minimum Gasteiger partial charge on any atom is -0.384 e. The molecule has 1 amide bonds. The van der Waals surface area contributed by atoms with E-state index in [0.29, 0.717) is 34.3 Å². The Morgan fingerprint density at radius 2 is 1.69 bits per heavy atom. The second kappa shape index (κ2) is 8.58. The molecule has 0 radical (unpaired) electrons. The molecule has 3 aromatic carbocycles. The number of carbonyl (C=O) groups excluding carboxylic acids is 1. The van der Waals surface area contributed by atoms with Gasteiger partial charge in [0.05, 0.1) is 22.7 Å². The molecule has 4 rings (SSSR count). The van der Waals surface area contributed by atoms with E-state index in [4.69, 9.17) is 0 Å². The summed E-state index contributed by atoms with van der Waals surface area (Å²) in [6.07, 6.45) is -0.350. The number of hydrogen-bond donors (Lipinski definition) is 4. The van der Waals surface area contributed by atoms with Crippen LogP contribution in [0.5, 0.6) is 0 Å². The fourth-order valence-electron chi connectivity index (χ4n) is 3.50. The number of aliphatic hydroxyl groups is 2. The fourth-order valence-corrected chi connectivity index (χ4v) is 3.50. The molecule has 2 atom stereocenters. The Bertz CT molecular complexity index is 1240. The minimum atomic E-state index is -1.01. The van der Waals surface area contributed by atoms with Crippen molar-refractivity contribution in [2.45, 2.75) is 12.2 Å². The van der Waals surface area contributed by atoms with Gasteiger partial charge in [0, 0.05) is 23.1 Å². The number of nitrogens with one attached hydrogen (secondary N) is 2. The van der Waals surface area contributed by atoms with Crippen LogP contribution in [0.2, 0.25) is 0 Å². The molecule has 9 heteroatoms. The predicted octanol–water partition coefficient (Wildman–Crippen LogP) is 4.06. The summed E-state index contributed by atoms with van der Waals surface area (Å²) < 4.78 is 14.1. The van der Waals surface area contributed by atoms with Crippen LogP contribution in [0.15, 0.2) is 78.5 Å². The van der Waals surface area contributed by atoms with Gasteiger partial charge in [0.2, 0.25) is 0 Å². The number of carbonyl (C=O) groups is 1. The second-order valence-electron chi connectivity index (χ2n) is 7.18. The highest BCUT2D eigenvalue weighted by Crippen LogP contribution is 2.36. The first-order chi connectivity index (χ1) is 15.3. The minimum absolute atomic E-state index is 0.334. The fraction of sp³-hybridized carbons (Fsp3) is 0.0870. The zero-order valence-electron chi connectivity index (χ0n) is 16.5. The van der Waals surface area contributed by atoms with Crippen LogP contribution in [0.25, 0.3) is 0 Å². The van der Waals surface area contributed by atoms with E-state index in [1.165, 1.54) is 6.08 Å². The lowest BCUT2D eigenvalue weighted by atomic mass is 9.90. The van der Waals surface area contributed by atoms with E-state index in [0.717, 1.165) is 12.1 Å². The van der Waals surface area contributed by atoms with Gasteiger partial charge in [-0.3, -0.25) is 14.9 Å². The van der Waals surface area contributed by atoms with E-state index >= 15 is 0 Å². The Hall–Kier alpha value is -4.08. The van der Waals surface area contributed by atoms with Crippen molar-refractivity contribution in [2.75, 3.05) is 10.6 Å². The van der Waals surface area contributed by atoms with Gasteiger partial charge >= 0.3 is 0 Å². The molecular weight excluding hydrogens is 417 g/mol. The average molecular weight is 435 g/mol. The van der Waals surface area contributed by atoms with E-state index in [1.807, 2.05) is 0 Å².